The molecule has 2 unspecified atom stereocenters. The molecule has 5 heteroatoms. The van der Waals surface area contributed by atoms with Crippen LogP contribution in [0.5, 0.6) is 0 Å². The van der Waals surface area contributed by atoms with Crippen molar-refractivity contribution in [3.8, 4) is 0 Å². The molecule has 2 aromatic carbocycles. The SMILES string of the molecule is C/C(=C\n1c2c(c3cc(Cl)ccc31)C1CCC(C2)N1C)c1ccc(F)c(F)c1. The molecule has 2 aliphatic rings. The Morgan fingerprint density at radius 2 is 1.93 bits per heavy atom. The summed E-state index contributed by atoms with van der Waals surface area (Å²) >= 11 is 6.33. The highest BCUT2D eigenvalue weighted by molar-refractivity contribution is 6.31. The molecule has 2 bridgehead atoms. The van der Waals surface area contributed by atoms with E-state index in [1.165, 1.54) is 35.2 Å². The predicted octanol–water partition coefficient (Wildman–Crippen LogP) is 6.28. The van der Waals surface area contributed by atoms with Crippen LogP contribution in [0.25, 0.3) is 22.7 Å². The Kier molecular flexibility index (Phi) is 4.11. The fraction of sp³-hybridized carbons (Fsp3) is 0.304. The van der Waals surface area contributed by atoms with Crippen molar-refractivity contribution in [2.75, 3.05) is 7.05 Å². The first-order valence-corrected chi connectivity index (χ1v) is 10.00. The molecule has 3 heterocycles. The van der Waals surface area contributed by atoms with Crippen LogP contribution >= 0.6 is 11.6 Å². The third kappa shape index (κ3) is 2.62. The maximum Gasteiger partial charge on any atom is 0.159 e. The number of hydrogen-bond donors (Lipinski definition) is 0. The van der Waals surface area contributed by atoms with Gasteiger partial charge in [-0.15, -0.1) is 0 Å². The van der Waals surface area contributed by atoms with Crippen molar-refractivity contribution < 1.29 is 8.78 Å². The van der Waals surface area contributed by atoms with Gasteiger partial charge >= 0.3 is 0 Å². The van der Waals surface area contributed by atoms with Crippen LogP contribution in [0.2, 0.25) is 5.02 Å². The van der Waals surface area contributed by atoms with Crippen LogP contribution < -0.4 is 0 Å². The lowest BCUT2D eigenvalue weighted by molar-refractivity contribution is 0.223. The predicted molar refractivity (Wildman–Crippen MR) is 110 cm³/mol. The summed E-state index contributed by atoms with van der Waals surface area (Å²) in [5, 5.41) is 1.92. The molecule has 144 valence electrons. The highest BCUT2D eigenvalue weighted by Gasteiger charge is 2.40. The van der Waals surface area contributed by atoms with Crippen molar-refractivity contribution in [3.63, 3.8) is 0 Å². The Labute approximate surface area is 168 Å². The van der Waals surface area contributed by atoms with Gasteiger partial charge in [0.25, 0.3) is 0 Å². The summed E-state index contributed by atoms with van der Waals surface area (Å²) in [4.78, 5) is 2.49. The van der Waals surface area contributed by atoms with Gasteiger partial charge in [0, 0.05) is 40.8 Å². The molecule has 0 N–H and O–H groups in total. The normalized spacial score (nSPS) is 22.1. The first-order valence-electron chi connectivity index (χ1n) is 9.62. The molecule has 2 nitrogen and oxygen atoms in total. The lowest BCUT2D eigenvalue weighted by atomic mass is 9.97. The number of nitrogens with zero attached hydrogens (tertiary/aromatic N) is 2. The molecule has 0 saturated carbocycles. The van der Waals surface area contributed by atoms with E-state index in [1.807, 2.05) is 19.2 Å². The Bertz CT molecular complexity index is 1130. The highest BCUT2D eigenvalue weighted by atomic mass is 35.5. The van der Waals surface area contributed by atoms with Gasteiger partial charge in [0.2, 0.25) is 0 Å². The van der Waals surface area contributed by atoms with Gasteiger partial charge in [-0.05, 0) is 73.8 Å². The molecule has 0 spiro atoms. The Hall–Kier alpha value is -2.17. The molecular formula is C23H21ClF2N2. The van der Waals surface area contributed by atoms with E-state index in [9.17, 15) is 8.78 Å². The van der Waals surface area contributed by atoms with Gasteiger partial charge in [-0.3, -0.25) is 4.90 Å². The van der Waals surface area contributed by atoms with Gasteiger partial charge in [-0.25, -0.2) is 8.78 Å². The summed E-state index contributed by atoms with van der Waals surface area (Å²) in [6.45, 7) is 1.93. The van der Waals surface area contributed by atoms with Crippen molar-refractivity contribution in [1.82, 2.24) is 9.47 Å². The average Bonchev–Trinajstić information content (AvgIpc) is 3.07. The van der Waals surface area contributed by atoms with Gasteiger partial charge in [0.1, 0.15) is 0 Å². The summed E-state index contributed by atoms with van der Waals surface area (Å²) in [7, 11) is 2.21. The number of rotatable bonds is 2. The van der Waals surface area contributed by atoms with Crippen molar-refractivity contribution in [2.24, 2.45) is 0 Å². The minimum atomic E-state index is -0.824. The van der Waals surface area contributed by atoms with Gasteiger partial charge < -0.3 is 4.57 Å². The largest absolute Gasteiger partial charge is 0.320 e. The maximum atomic E-state index is 13.7. The number of hydrogen-bond acceptors (Lipinski definition) is 1. The third-order valence-corrected chi connectivity index (χ3v) is 6.65. The summed E-state index contributed by atoms with van der Waals surface area (Å²) < 4.78 is 29.3. The van der Waals surface area contributed by atoms with E-state index < -0.39 is 11.6 Å². The Morgan fingerprint density at radius 3 is 2.71 bits per heavy atom. The Morgan fingerprint density at radius 1 is 1.11 bits per heavy atom. The van der Waals surface area contributed by atoms with Gasteiger partial charge in [-0.2, -0.15) is 0 Å². The number of allylic oxidation sites excluding steroid dienone is 1. The van der Waals surface area contributed by atoms with Crippen LogP contribution in [-0.4, -0.2) is 22.6 Å². The minimum Gasteiger partial charge on any atom is -0.320 e. The lowest BCUT2D eigenvalue weighted by Crippen LogP contribution is -2.34. The first-order chi connectivity index (χ1) is 13.4. The van der Waals surface area contributed by atoms with E-state index >= 15 is 0 Å². The molecule has 1 fully saturated rings. The van der Waals surface area contributed by atoms with Crippen LogP contribution in [0, 0.1) is 11.6 Å². The molecule has 2 atom stereocenters. The van der Waals surface area contributed by atoms with Crippen LogP contribution in [0.4, 0.5) is 8.78 Å². The second-order valence-corrected chi connectivity index (χ2v) is 8.39. The van der Waals surface area contributed by atoms with E-state index in [1.54, 1.807) is 6.07 Å². The smallest absolute Gasteiger partial charge is 0.159 e. The van der Waals surface area contributed by atoms with Crippen LogP contribution in [0.3, 0.4) is 0 Å². The summed E-state index contributed by atoms with van der Waals surface area (Å²) in [5.74, 6) is -1.65. The Balaban J connectivity index is 1.72. The number of fused-ring (bicyclic) bond motifs is 6. The molecule has 0 aliphatic carbocycles. The quantitative estimate of drug-likeness (QED) is 0.493. The maximum absolute atomic E-state index is 13.7. The second kappa shape index (κ2) is 6.43. The zero-order chi connectivity index (χ0) is 19.6. The molecule has 2 aliphatic heterocycles. The van der Waals surface area contributed by atoms with E-state index in [-0.39, 0.29) is 0 Å². The van der Waals surface area contributed by atoms with Crippen LogP contribution in [0.1, 0.15) is 42.6 Å². The van der Waals surface area contributed by atoms with E-state index in [0.717, 1.165) is 29.0 Å². The number of benzene rings is 2. The number of likely N-dealkylation sites (N-methyl/N-ethyl adjacent to an activating group) is 1. The molecule has 0 amide bonds. The fourth-order valence-corrected chi connectivity index (χ4v) is 5.10. The molecule has 5 rings (SSSR count). The van der Waals surface area contributed by atoms with E-state index in [0.29, 0.717) is 17.6 Å². The summed E-state index contributed by atoms with van der Waals surface area (Å²) in [5.41, 5.74) is 5.35. The van der Waals surface area contributed by atoms with Crippen molar-refractivity contribution >= 4 is 34.3 Å². The van der Waals surface area contributed by atoms with Gasteiger partial charge in [0.15, 0.2) is 11.6 Å². The minimum absolute atomic E-state index is 0.410. The highest BCUT2D eigenvalue weighted by Crippen LogP contribution is 2.47. The fourth-order valence-electron chi connectivity index (χ4n) is 4.93. The van der Waals surface area contributed by atoms with Crippen LogP contribution in [-0.2, 0) is 6.42 Å². The first kappa shape index (κ1) is 17.9. The summed E-state index contributed by atoms with van der Waals surface area (Å²) in [6, 6.07) is 11.0. The standard InChI is InChI=1S/C23H21ClF2N2/c1-13(14-3-6-18(25)19(26)9-14)12-28-20-7-4-15(24)10-17(20)23-21-8-5-16(27(21)2)11-22(23)28/h3-4,6-7,9-10,12,16,21H,5,8,11H2,1-2H3/b13-12+. The van der Waals surface area contributed by atoms with E-state index in [4.69, 9.17) is 11.6 Å². The molecule has 1 aromatic heterocycles. The average molecular weight is 399 g/mol. The van der Waals surface area contributed by atoms with Crippen molar-refractivity contribution in [1.29, 1.82) is 0 Å². The van der Waals surface area contributed by atoms with Gasteiger partial charge in [-0.1, -0.05) is 17.7 Å². The van der Waals surface area contributed by atoms with E-state index in [2.05, 4.69) is 28.6 Å². The van der Waals surface area contributed by atoms with Crippen molar-refractivity contribution in [2.45, 2.75) is 38.3 Å². The van der Waals surface area contributed by atoms with Crippen LogP contribution in [0.15, 0.2) is 36.4 Å². The number of aromatic nitrogens is 1. The lowest BCUT2D eigenvalue weighted by Gasteiger charge is -2.32. The zero-order valence-corrected chi connectivity index (χ0v) is 16.6. The third-order valence-electron chi connectivity index (χ3n) is 6.41. The second-order valence-electron chi connectivity index (χ2n) is 7.95. The molecule has 3 aromatic rings. The molecule has 1 saturated heterocycles. The topological polar surface area (TPSA) is 8.17 Å². The zero-order valence-electron chi connectivity index (χ0n) is 15.8. The monoisotopic (exact) mass is 398 g/mol. The summed E-state index contributed by atoms with van der Waals surface area (Å²) in [6.07, 6.45) is 5.39. The van der Waals surface area contributed by atoms with Gasteiger partial charge in [0.05, 0.1) is 5.52 Å². The molecular weight excluding hydrogens is 378 g/mol. The molecule has 28 heavy (non-hydrogen) atoms. The van der Waals surface area contributed by atoms with Crippen molar-refractivity contribution in [3.05, 3.63) is 69.9 Å². The molecule has 0 radical (unpaired) electrons. The number of halogens is 3.